The highest BCUT2D eigenvalue weighted by Crippen LogP contribution is 2.27. The van der Waals surface area contributed by atoms with Gasteiger partial charge < -0.3 is 10.7 Å². The van der Waals surface area contributed by atoms with E-state index in [1.807, 2.05) is 19.1 Å². The predicted molar refractivity (Wildman–Crippen MR) is 86.5 cm³/mol. The molecule has 3 nitrogen and oxygen atoms in total. The standard InChI is InChI=1S/C16H23N3S/c1-5-16(3,4)8-6-14-11(2)10-12(15(20)19-14)13(18)7-9-17/h7,10H,5-6,8,18H2,1-4H3,(H,19,20)/b13-7-. The zero-order valence-electron chi connectivity index (χ0n) is 12.7. The van der Waals surface area contributed by atoms with Gasteiger partial charge in [-0.2, -0.15) is 5.26 Å². The molecule has 0 fully saturated rings. The number of aromatic nitrogens is 1. The van der Waals surface area contributed by atoms with Gasteiger partial charge >= 0.3 is 0 Å². The Balaban J connectivity index is 3.04. The Morgan fingerprint density at radius 1 is 1.55 bits per heavy atom. The summed E-state index contributed by atoms with van der Waals surface area (Å²) in [4.78, 5) is 3.26. The van der Waals surface area contributed by atoms with Crippen LogP contribution in [0.25, 0.3) is 5.70 Å². The van der Waals surface area contributed by atoms with Gasteiger partial charge in [0.05, 0.1) is 11.8 Å². The second kappa shape index (κ2) is 6.71. The molecule has 20 heavy (non-hydrogen) atoms. The number of hydrogen-bond acceptors (Lipinski definition) is 3. The smallest absolute Gasteiger partial charge is 0.112 e. The summed E-state index contributed by atoms with van der Waals surface area (Å²) in [6.07, 6.45) is 4.55. The molecule has 0 aliphatic rings. The molecule has 0 atom stereocenters. The van der Waals surface area contributed by atoms with E-state index < -0.39 is 0 Å². The summed E-state index contributed by atoms with van der Waals surface area (Å²) in [5.74, 6) is 0. The first kappa shape index (κ1) is 16.5. The molecule has 0 saturated heterocycles. The fraction of sp³-hybridized carbons (Fsp3) is 0.500. The number of nitrogens with zero attached hydrogens (tertiary/aromatic N) is 1. The molecule has 0 aliphatic heterocycles. The molecule has 4 heteroatoms. The minimum Gasteiger partial charge on any atom is -0.398 e. The van der Waals surface area contributed by atoms with Crippen LogP contribution in [0.2, 0.25) is 0 Å². The number of allylic oxidation sites excluding steroid dienone is 1. The first-order valence-electron chi connectivity index (χ1n) is 6.89. The molecule has 3 N–H and O–H groups in total. The molecule has 1 aromatic rings. The molecule has 0 spiro atoms. The molecule has 0 bridgehead atoms. The summed E-state index contributed by atoms with van der Waals surface area (Å²) in [7, 11) is 0. The number of nitrogens with two attached hydrogens (primary N) is 1. The van der Waals surface area contributed by atoms with Gasteiger partial charge in [0.25, 0.3) is 0 Å². The SMILES string of the molecule is CCC(C)(C)CCc1[nH]c(=S)c(/C(N)=C/C#N)cc1C. The van der Waals surface area contributed by atoms with Gasteiger partial charge in [-0.05, 0) is 36.8 Å². The van der Waals surface area contributed by atoms with Crippen LogP contribution in [0.15, 0.2) is 12.1 Å². The Hall–Kier alpha value is -1.60. The minimum atomic E-state index is 0.334. The van der Waals surface area contributed by atoms with Crippen molar-refractivity contribution in [1.82, 2.24) is 4.98 Å². The fourth-order valence-electron chi connectivity index (χ4n) is 1.93. The largest absolute Gasteiger partial charge is 0.398 e. The molecule has 0 amide bonds. The lowest BCUT2D eigenvalue weighted by molar-refractivity contribution is 0.321. The Morgan fingerprint density at radius 3 is 2.75 bits per heavy atom. The first-order chi connectivity index (χ1) is 9.30. The highest BCUT2D eigenvalue weighted by Gasteiger charge is 2.16. The molecule has 0 saturated carbocycles. The molecule has 108 valence electrons. The number of nitriles is 1. The van der Waals surface area contributed by atoms with Crippen molar-refractivity contribution in [3.05, 3.63) is 33.6 Å². The summed E-state index contributed by atoms with van der Waals surface area (Å²) in [5.41, 5.74) is 9.62. The van der Waals surface area contributed by atoms with Gasteiger partial charge in [0.2, 0.25) is 0 Å². The van der Waals surface area contributed by atoms with Crippen molar-refractivity contribution >= 4 is 17.9 Å². The molecule has 0 unspecified atom stereocenters. The highest BCUT2D eigenvalue weighted by atomic mass is 32.1. The molecular weight excluding hydrogens is 266 g/mol. The van der Waals surface area contributed by atoms with Gasteiger partial charge in [0.1, 0.15) is 4.64 Å². The van der Waals surface area contributed by atoms with Crippen molar-refractivity contribution in [2.45, 2.75) is 47.0 Å². The van der Waals surface area contributed by atoms with Gasteiger partial charge in [-0.3, -0.25) is 0 Å². The molecule has 1 rings (SSSR count). The Labute approximate surface area is 126 Å². The molecule has 1 heterocycles. The lowest BCUT2D eigenvalue weighted by Crippen LogP contribution is -2.12. The minimum absolute atomic E-state index is 0.334. The number of aryl methyl sites for hydroxylation is 2. The van der Waals surface area contributed by atoms with Crippen LogP contribution in [0.5, 0.6) is 0 Å². The predicted octanol–water partition coefficient (Wildman–Crippen LogP) is 4.24. The van der Waals surface area contributed by atoms with Crippen molar-refractivity contribution < 1.29 is 0 Å². The monoisotopic (exact) mass is 289 g/mol. The van der Waals surface area contributed by atoms with Gasteiger partial charge in [0, 0.05) is 17.3 Å². The maximum absolute atomic E-state index is 8.66. The second-order valence-electron chi connectivity index (χ2n) is 5.92. The molecule has 0 aliphatic carbocycles. The van der Waals surface area contributed by atoms with E-state index in [-0.39, 0.29) is 0 Å². The van der Waals surface area contributed by atoms with Crippen LogP contribution >= 0.6 is 12.2 Å². The van der Waals surface area contributed by atoms with E-state index in [0.717, 1.165) is 36.1 Å². The van der Waals surface area contributed by atoms with E-state index in [0.29, 0.717) is 15.8 Å². The van der Waals surface area contributed by atoms with Crippen molar-refractivity contribution in [3.8, 4) is 6.07 Å². The maximum atomic E-state index is 8.66. The number of rotatable bonds is 5. The van der Waals surface area contributed by atoms with Crippen LogP contribution in [0.1, 0.15) is 50.4 Å². The van der Waals surface area contributed by atoms with E-state index in [4.69, 9.17) is 23.2 Å². The van der Waals surface area contributed by atoms with Gasteiger partial charge in [-0.15, -0.1) is 0 Å². The van der Waals surface area contributed by atoms with Gasteiger partial charge in [-0.1, -0.05) is 39.4 Å². The average molecular weight is 289 g/mol. The van der Waals surface area contributed by atoms with Crippen LogP contribution < -0.4 is 5.73 Å². The van der Waals surface area contributed by atoms with Crippen molar-refractivity contribution in [3.63, 3.8) is 0 Å². The third-order valence-corrected chi connectivity index (χ3v) is 4.21. The van der Waals surface area contributed by atoms with E-state index >= 15 is 0 Å². The van der Waals surface area contributed by atoms with Crippen LogP contribution in [0.3, 0.4) is 0 Å². The number of H-pyrrole nitrogens is 1. The quantitative estimate of drug-likeness (QED) is 0.629. The zero-order valence-corrected chi connectivity index (χ0v) is 13.5. The summed E-state index contributed by atoms with van der Waals surface area (Å²) in [6, 6.07) is 3.90. The molecular formula is C16H23N3S. The van der Waals surface area contributed by atoms with Crippen LogP contribution in [0, 0.1) is 28.3 Å². The van der Waals surface area contributed by atoms with Crippen molar-refractivity contribution in [1.29, 1.82) is 5.26 Å². The lowest BCUT2D eigenvalue weighted by atomic mass is 9.84. The average Bonchev–Trinajstić information content (AvgIpc) is 2.39. The van der Waals surface area contributed by atoms with Crippen molar-refractivity contribution in [2.24, 2.45) is 11.1 Å². The highest BCUT2D eigenvalue weighted by molar-refractivity contribution is 7.71. The van der Waals surface area contributed by atoms with E-state index in [1.165, 1.54) is 6.08 Å². The first-order valence-corrected chi connectivity index (χ1v) is 7.30. The van der Waals surface area contributed by atoms with Crippen LogP contribution in [-0.2, 0) is 6.42 Å². The molecule has 1 aromatic heterocycles. The number of pyridine rings is 1. The maximum Gasteiger partial charge on any atom is 0.112 e. The number of nitrogens with one attached hydrogen (secondary N) is 1. The molecule has 0 radical (unpaired) electrons. The van der Waals surface area contributed by atoms with Gasteiger partial charge in [0.15, 0.2) is 0 Å². The van der Waals surface area contributed by atoms with E-state index in [2.05, 4.69) is 25.8 Å². The third kappa shape index (κ3) is 4.21. The Morgan fingerprint density at radius 2 is 2.20 bits per heavy atom. The lowest BCUT2D eigenvalue weighted by Gasteiger charge is -2.22. The zero-order chi connectivity index (χ0) is 15.3. The van der Waals surface area contributed by atoms with Crippen molar-refractivity contribution in [2.75, 3.05) is 0 Å². The van der Waals surface area contributed by atoms with Crippen LogP contribution in [0.4, 0.5) is 0 Å². The van der Waals surface area contributed by atoms with Gasteiger partial charge in [-0.25, -0.2) is 0 Å². The normalized spacial score (nSPS) is 12.2. The number of aromatic amines is 1. The number of hydrogen-bond donors (Lipinski definition) is 2. The topological polar surface area (TPSA) is 65.6 Å². The summed E-state index contributed by atoms with van der Waals surface area (Å²) < 4.78 is 0.601. The fourth-order valence-corrected chi connectivity index (χ4v) is 2.23. The summed E-state index contributed by atoms with van der Waals surface area (Å²) in [5, 5.41) is 8.66. The van der Waals surface area contributed by atoms with E-state index in [1.54, 1.807) is 0 Å². The van der Waals surface area contributed by atoms with Crippen LogP contribution in [-0.4, -0.2) is 4.98 Å². The van der Waals surface area contributed by atoms with E-state index in [9.17, 15) is 0 Å². The third-order valence-electron chi connectivity index (χ3n) is 3.89. The summed E-state index contributed by atoms with van der Waals surface area (Å²) >= 11 is 5.34. The molecule has 0 aromatic carbocycles. The Kier molecular flexibility index (Phi) is 5.52. The summed E-state index contributed by atoms with van der Waals surface area (Å²) in [6.45, 7) is 8.81. The second-order valence-corrected chi connectivity index (χ2v) is 6.33. The Bertz CT molecular complexity index is 603.